The molecule has 0 bridgehead atoms. The Labute approximate surface area is 158 Å². The quantitative estimate of drug-likeness (QED) is 0.476. The van der Waals surface area contributed by atoms with Gasteiger partial charge in [0.1, 0.15) is 17.8 Å². The molecular formula is C21H25F2NO3. The van der Waals surface area contributed by atoms with E-state index in [4.69, 9.17) is 4.74 Å². The number of aldehydes is 1. The van der Waals surface area contributed by atoms with Crippen LogP contribution in [-0.4, -0.2) is 43.0 Å². The van der Waals surface area contributed by atoms with Gasteiger partial charge in [0.15, 0.2) is 0 Å². The van der Waals surface area contributed by atoms with Crippen LogP contribution in [0.5, 0.6) is 11.5 Å². The van der Waals surface area contributed by atoms with E-state index in [1.165, 1.54) is 7.05 Å². The van der Waals surface area contributed by atoms with Crippen molar-refractivity contribution in [3.8, 4) is 11.5 Å². The Morgan fingerprint density at radius 2 is 1.93 bits per heavy atom. The highest BCUT2D eigenvalue weighted by atomic mass is 19.3. The number of halogens is 2. The number of aryl methyl sites for hydroxylation is 2. The maximum Gasteiger partial charge on any atom is 0.294 e. The lowest BCUT2D eigenvalue weighted by Gasteiger charge is -2.19. The number of hydrogen-bond donors (Lipinski definition) is 1. The molecule has 146 valence electrons. The van der Waals surface area contributed by atoms with Crippen molar-refractivity contribution in [2.24, 2.45) is 5.92 Å². The Balaban J connectivity index is 1.91. The first-order chi connectivity index (χ1) is 13.0. The predicted molar refractivity (Wildman–Crippen MR) is 100 cm³/mol. The van der Waals surface area contributed by atoms with Crippen LogP contribution in [0, 0.1) is 5.92 Å². The van der Waals surface area contributed by atoms with E-state index in [0.717, 1.165) is 35.2 Å². The number of rotatable bonds is 11. The van der Waals surface area contributed by atoms with Gasteiger partial charge < -0.3 is 14.6 Å². The number of alkyl halides is 2. The smallest absolute Gasteiger partial charge is 0.294 e. The molecule has 0 spiro atoms. The molecule has 1 N–H and O–H groups in total. The van der Waals surface area contributed by atoms with Crippen LogP contribution in [-0.2, 0) is 17.6 Å². The third-order valence-corrected chi connectivity index (χ3v) is 4.40. The van der Waals surface area contributed by atoms with Crippen LogP contribution in [0.4, 0.5) is 8.78 Å². The van der Waals surface area contributed by atoms with Gasteiger partial charge in [-0.15, -0.1) is 0 Å². The number of benzene rings is 2. The Bertz CT molecular complexity index is 724. The molecule has 0 amide bonds. The van der Waals surface area contributed by atoms with Gasteiger partial charge in [0, 0.05) is 12.5 Å². The van der Waals surface area contributed by atoms with Crippen LogP contribution in [0.15, 0.2) is 48.5 Å². The summed E-state index contributed by atoms with van der Waals surface area (Å²) in [6.45, 7) is -2.25. The molecule has 4 nitrogen and oxygen atoms in total. The number of carbonyl (C=O) groups is 1. The van der Waals surface area contributed by atoms with Crippen molar-refractivity contribution in [1.82, 2.24) is 4.90 Å². The number of hydrogen-bond acceptors (Lipinski definition) is 4. The summed E-state index contributed by atoms with van der Waals surface area (Å²) in [5.74, 6) is 0.483. The van der Waals surface area contributed by atoms with Gasteiger partial charge in [0.2, 0.25) is 0 Å². The van der Waals surface area contributed by atoms with Gasteiger partial charge >= 0.3 is 0 Å². The third kappa shape index (κ3) is 6.98. The van der Waals surface area contributed by atoms with Crippen molar-refractivity contribution in [2.75, 3.05) is 20.2 Å². The fourth-order valence-electron chi connectivity index (χ4n) is 2.70. The minimum Gasteiger partial charge on any atom is -0.508 e. The topological polar surface area (TPSA) is 49.8 Å². The average molecular weight is 377 g/mol. The number of carbonyl (C=O) groups excluding carboxylic acids is 1. The van der Waals surface area contributed by atoms with E-state index in [9.17, 15) is 18.7 Å². The minimum atomic E-state index is -2.53. The Morgan fingerprint density at radius 3 is 2.63 bits per heavy atom. The van der Waals surface area contributed by atoms with Crippen molar-refractivity contribution >= 4 is 6.29 Å². The molecule has 0 aliphatic heterocycles. The molecule has 0 aliphatic carbocycles. The summed E-state index contributed by atoms with van der Waals surface area (Å²) in [4.78, 5) is 12.1. The van der Waals surface area contributed by atoms with Crippen LogP contribution in [0.25, 0.3) is 0 Å². The maximum atomic E-state index is 12.5. The lowest BCUT2D eigenvalue weighted by atomic mass is 10.0. The SMILES string of the molecule is CN(CCC(C=O)COc1ccccc1CCc1cccc(O)c1)C(F)F. The first-order valence-corrected chi connectivity index (χ1v) is 8.92. The minimum absolute atomic E-state index is 0.129. The van der Waals surface area contributed by atoms with Gasteiger partial charge in [-0.2, -0.15) is 8.78 Å². The molecule has 0 saturated heterocycles. The largest absolute Gasteiger partial charge is 0.508 e. The normalized spacial score (nSPS) is 12.3. The summed E-state index contributed by atoms with van der Waals surface area (Å²) in [5, 5.41) is 9.55. The Kier molecular flexibility index (Phi) is 8.20. The molecule has 2 rings (SSSR count). The molecule has 0 fully saturated rings. The molecule has 27 heavy (non-hydrogen) atoms. The summed E-state index contributed by atoms with van der Waals surface area (Å²) in [6.07, 6.45) is 2.54. The van der Waals surface area contributed by atoms with E-state index in [1.807, 2.05) is 30.3 Å². The van der Waals surface area contributed by atoms with Gasteiger partial charge in [-0.3, -0.25) is 4.90 Å². The number of phenols is 1. The second-order valence-corrected chi connectivity index (χ2v) is 6.53. The van der Waals surface area contributed by atoms with E-state index in [-0.39, 0.29) is 18.9 Å². The zero-order valence-electron chi connectivity index (χ0n) is 15.4. The number of ether oxygens (including phenoxy) is 1. The molecular weight excluding hydrogens is 352 g/mol. The molecule has 1 atom stereocenters. The van der Waals surface area contributed by atoms with Crippen molar-refractivity contribution in [3.05, 3.63) is 59.7 Å². The second kappa shape index (κ2) is 10.6. The molecule has 1 unspecified atom stereocenters. The molecule has 2 aromatic rings. The van der Waals surface area contributed by atoms with Gasteiger partial charge in [-0.1, -0.05) is 30.3 Å². The fourth-order valence-corrected chi connectivity index (χ4v) is 2.70. The summed E-state index contributed by atoms with van der Waals surface area (Å²) >= 11 is 0. The summed E-state index contributed by atoms with van der Waals surface area (Å²) in [5.41, 5.74) is 2.01. The van der Waals surface area contributed by atoms with E-state index < -0.39 is 12.5 Å². The number of nitrogens with zero attached hydrogens (tertiary/aromatic N) is 1. The van der Waals surface area contributed by atoms with Crippen LogP contribution < -0.4 is 4.74 Å². The standard InChI is InChI=1S/C21H25F2NO3/c1-24(21(22)23)12-11-17(14-25)15-27-20-8-3-2-6-18(20)10-9-16-5-4-7-19(26)13-16/h2-8,13-14,17,21,26H,9-12,15H2,1H3. The maximum absolute atomic E-state index is 12.5. The van der Waals surface area contributed by atoms with Crippen molar-refractivity contribution < 1.29 is 23.4 Å². The van der Waals surface area contributed by atoms with Gasteiger partial charge in [0.05, 0.1) is 6.61 Å². The average Bonchev–Trinajstić information content (AvgIpc) is 2.67. The lowest BCUT2D eigenvalue weighted by molar-refractivity contribution is -0.112. The van der Waals surface area contributed by atoms with Crippen molar-refractivity contribution in [2.45, 2.75) is 25.8 Å². The Hall–Kier alpha value is -2.47. The predicted octanol–water partition coefficient (Wildman–Crippen LogP) is 3.92. The van der Waals surface area contributed by atoms with Crippen LogP contribution >= 0.6 is 0 Å². The van der Waals surface area contributed by atoms with Gasteiger partial charge in [0.25, 0.3) is 6.55 Å². The van der Waals surface area contributed by atoms with E-state index in [2.05, 4.69) is 0 Å². The molecule has 0 radical (unpaired) electrons. The summed E-state index contributed by atoms with van der Waals surface area (Å²) < 4.78 is 30.9. The highest BCUT2D eigenvalue weighted by Crippen LogP contribution is 2.22. The highest BCUT2D eigenvalue weighted by molar-refractivity contribution is 5.53. The van der Waals surface area contributed by atoms with Crippen LogP contribution in [0.1, 0.15) is 17.5 Å². The monoisotopic (exact) mass is 377 g/mol. The summed E-state index contributed by atoms with van der Waals surface area (Å²) in [7, 11) is 1.32. The van der Waals surface area contributed by atoms with Crippen LogP contribution in [0.2, 0.25) is 0 Å². The van der Waals surface area contributed by atoms with Gasteiger partial charge in [-0.25, -0.2) is 0 Å². The lowest BCUT2D eigenvalue weighted by Crippen LogP contribution is -2.28. The zero-order valence-corrected chi connectivity index (χ0v) is 15.4. The molecule has 0 heterocycles. The van der Waals surface area contributed by atoms with E-state index in [1.54, 1.807) is 18.2 Å². The first kappa shape index (κ1) is 20.8. The van der Waals surface area contributed by atoms with Crippen molar-refractivity contribution in [1.29, 1.82) is 0 Å². The molecule has 0 saturated carbocycles. The number of aromatic hydroxyl groups is 1. The molecule has 2 aromatic carbocycles. The number of phenolic OH excluding ortho intramolecular Hbond substituents is 1. The highest BCUT2D eigenvalue weighted by Gasteiger charge is 2.15. The molecule has 6 heteroatoms. The van der Waals surface area contributed by atoms with E-state index >= 15 is 0 Å². The Morgan fingerprint density at radius 1 is 1.15 bits per heavy atom. The van der Waals surface area contributed by atoms with Crippen molar-refractivity contribution in [3.63, 3.8) is 0 Å². The summed E-state index contributed by atoms with van der Waals surface area (Å²) in [6, 6.07) is 14.7. The fraction of sp³-hybridized carbons (Fsp3) is 0.381. The zero-order chi connectivity index (χ0) is 19.6. The first-order valence-electron chi connectivity index (χ1n) is 8.92. The second-order valence-electron chi connectivity index (χ2n) is 6.53. The molecule has 0 aliphatic rings. The number of para-hydroxylation sites is 1. The van der Waals surface area contributed by atoms with Gasteiger partial charge in [-0.05, 0) is 55.6 Å². The van der Waals surface area contributed by atoms with Crippen LogP contribution in [0.3, 0.4) is 0 Å². The molecule has 0 aromatic heterocycles. The van der Waals surface area contributed by atoms with E-state index in [0.29, 0.717) is 12.2 Å². The third-order valence-electron chi connectivity index (χ3n) is 4.40.